The van der Waals surface area contributed by atoms with Crippen molar-refractivity contribution in [2.45, 2.75) is 25.8 Å². The summed E-state index contributed by atoms with van der Waals surface area (Å²) in [5.74, 6) is -0.146. The summed E-state index contributed by atoms with van der Waals surface area (Å²) in [6, 6.07) is 11.7. The molecule has 0 saturated heterocycles. The van der Waals surface area contributed by atoms with E-state index < -0.39 is 0 Å². The van der Waals surface area contributed by atoms with Crippen LogP contribution in [-0.4, -0.2) is 0 Å². The molecule has 0 aromatic heterocycles. The van der Waals surface area contributed by atoms with Crippen LogP contribution in [0.1, 0.15) is 29.2 Å². The molecule has 1 atom stereocenters. The topological polar surface area (TPSA) is 26.0 Å². The summed E-state index contributed by atoms with van der Waals surface area (Å²) >= 11 is 0. The first-order valence-corrected chi connectivity index (χ1v) is 6.30. The lowest BCUT2D eigenvalue weighted by molar-refractivity contribution is 0.619. The largest absolute Gasteiger partial charge is 0.324 e. The fraction of sp³-hybridized carbons (Fsp3) is 0.250. The van der Waals surface area contributed by atoms with Gasteiger partial charge in [-0.3, -0.25) is 0 Å². The van der Waals surface area contributed by atoms with Crippen molar-refractivity contribution in [3.63, 3.8) is 0 Å². The third-order valence-electron chi connectivity index (χ3n) is 3.80. The normalized spacial score (nSPS) is 17.8. The second-order valence-electron chi connectivity index (χ2n) is 4.98. The Bertz CT molecular complexity index is 604. The molecule has 0 amide bonds. The zero-order valence-electron chi connectivity index (χ0n) is 10.4. The molecule has 1 aliphatic carbocycles. The van der Waals surface area contributed by atoms with E-state index in [1.165, 1.54) is 11.1 Å². The number of halogens is 1. The van der Waals surface area contributed by atoms with Crippen LogP contribution in [0.15, 0.2) is 36.4 Å². The van der Waals surface area contributed by atoms with E-state index in [4.69, 9.17) is 5.73 Å². The van der Waals surface area contributed by atoms with E-state index in [1.807, 2.05) is 18.2 Å². The molecule has 0 radical (unpaired) electrons. The van der Waals surface area contributed by atoms with Gasteiger partial charge in [0.2, 0.25) is 0 Å². The molecule has 1 aliphatic rings. The van der Waals surface area contributed by atoms with Gasteiger partial charge in [0.05, 0.1) is 0 Å². The van der Waals surface area contributed by atoms with Crippen LogP contribution in [0.25, 0.3) is 11.1 Å². The number of hydrogen-bond acceptors (Lipinski definition) is 1. The molecule has 0 aliphatic heterocycles. The molecule has 1 unspecified atom stereocenters. The molecule has 2 heteroatoms. The number of nitrogens with two attached hydrogens (primary N) is 1. The van der Waals surface area contributed by atoms with Gasteiger partial charge in [0.1, 0.15) is 5.82 Å². The molecule has 0 bridgehead atoms. The highest BCUT2D eigenvalue weighted by molar-refractivity contribution is 5.70. The lowest BCUT2D eigenvalue weighted by atomic mass is 9.96. The lowest BCUT2D eigenvalue weighted by Crippen LogP contribution is -2.04. The highest BCUT2D eigenvalue weighted by Crippen LogP contribution is 2.36. The van der Waals surface area contributed by atoms with Gasteiger partial charge in [-0.05, 0) is 53.6 Å². The van der Waals surface area contributed by atoms with E-state index in [0.29, 0.717) is 5.56 Å². The highest BCUT2D eigenvalue weighted by Gasteiger charge is 2.21. The molecule has 0 spiro atoms. The highest BCUT2D eigenvalue weighted by atomic mass is 19.1. The number of benzene rings is 2. The quantitative estimate of drug-likeness (QED) is 0.808. The standard InChI is InChI=1S/C16H16FN/c1-10-5-6-11(9-15(10)17)12-3-2-4-14-13(12)7-8-16(14)18/h2-6,9,16H,7-8,18H2,1H3. The van der Waals surface area contributed by atoms with Crippen LogP contribution in [0, 0.1) is 12.7 Å². The molecule has 0 fully saturated rings. The van der Waals surface area contributed by atoms with Gasteiger partial charge in [-0.25, -0.2) is 4.39 Å². The molecule has 2 aromatic rings. The fourth-order valence-electron chi connectivity index (χ4n) is 2.72. The molecule has 0 heterocycles. The van der Waals surface area contributed by atoms with Crippen molar-refractivity contribution in [1.29, 1.82) is 0 Å². The van der Waals surface area contributed by atoms with Crippen LogP contribution in [0.2, 0.25) is 0 Å². The van der Waals surface area contributed by atoms with Crippen molar-refractivity contribution in [3.05, 3.63) is 58.9 Å². The van der Waals surface area contributed by atoms with Gasteiger partial charge in [0.25, 0.3) is 0 Å². The molecule has 2 aromatic carbocycles. The SMILES string of the molecule is Cc1ccc(-c2cccc3c2CCC3N)cc1F. The molecule has 18 heavy (non-hydrogen) atoms. The molecule has 3 rings (SSSR count). The minimum absolute atomic E-state index is 0.134. The van der Waals surface area contributed by atoms with Crippen LogP contribution in [0.5, 0.6) is 0 Å². The Morgan fingerprint density at radius 3 is 2.83 bits per heavy atom. The van der Waals surface area contributed by atoms with Crippen LogP contribution >= 0.6 is 0 Å². The summed E-state index contributed by atoms with van der Waals surface area (Å²) in [6.45, 7) is 1.78. The van der Waals surface area contributed by atoms with Crippen LogP contribution in [0.4, 0.5) is 4.39 Å². The van der Waals surface area contributed by atoms with Gasteiger partial charge in [0.15, 0.2) is 0 Å². The zero-order chi connectivity index (χ0) is 12.7. The zero-order valence-corrected chi connectivity index (χ0v) is 10.4. The summed E-state index contributed by atoms with van der Waals surface area (Å²) in [4.78, 5) is 0. The van der Waals surface area contributed by atoms with Gasteiger partial charge in [0, 0.05) is 6.04 Å². The van der Waals surface area contributed by atoms with Crippen molar-refractivity contribution >= 4 is 0 Å². The van der Waals surface area contributed by atoms with Crippen molar-refractivity contribution in [2.75, 3.05) is 0 Å². The van der Waals surface area contributed by atoms with Gasteiger partial charge in [-0.2, -0.15) is 0 Å². The van der Waals surface area contributed by atoms with Crippen LogP contribution in [0.3, 0.4) is 0 Å². The maximum absolute atomic E-state index is 13.7. The van der Waals surface area contributed by atoms with E-state index in [2.05, 4.69) is 12.1 Å². The monoisotopic (exact) mass is 241 g/mol. The van der Waals surface area contributed by atoms with Gasteiger partial charge in [-0.15, -0.1) is 0 Å². The average molecular weight is 241 g/mol. The lowest BCUT2D eigenvalue weighted by Gasteiger charge is -2.10. The average Bonchev–Trinajstić information content (AvgIpc) is 2.75. The van der Waals surface area contributed by atoms with Gasteiger partial charge in [-0.1, -0.05) is 30.3 Å². The predicted octanol–water partition coefficient (Wildman–Crippen LogP) is 3.75. The number of rotatable bonds is 1. The molecule has 2 N–H and O–H groups in total. The Labute approximate surface area is 106 Å². The third-order valence-corrected chi connectivity index (χ3v) is 3.80. The minimum Gasteiger partial charge on any atom is -0.324 e. The first kappa shape index (κ1) is 11.4. The summed E-state index contributed by atoms with van der Waals surface area (Å²) < 4.78 is 13.7. The molecule has 1 nitrogen and oxygen atoms in total. The molecule has 92 valence electrons. The third kappa shape index (κ3) is 1.73. The Hall–Kier alpha value is -1.67. The predicted molar refractivity (Wildman–Crippen MR) is 71.8 cm³/mol. The first-order chi connectivity index (χ1) is 8.66. The van der Waals surface area contributed by atoms with Crippen molar-refractivity contribution in [3.8, 4) is 11.1 Å². The van der Waals surface area contributed by atoms with Crippen LogP contribution < -0.4 is 5.73 Å². The Kier molecular flexibility index (Phi) is 2.67. The number of fused-ring (bicyclic) bond motifs is 1. The smallest absolute Gasteiger partial charge is 0.126 e. The molecular weight excluding hydrogens is 225 g/mol. The maximum atomic E-state index is 13.7. The van der Waals surface area contributed by atoms with Crippen molar-refractivity contribution < 1.29 is 4.39 Å². The summed E-state index contributed by atoms with van der Waals surface area (Å²) in [5, 5.41) is 0. The second-order valence-corrected chi connectivity index (χ2v) is 4.98. The number of hydrogen-bond donors (Lipinski definition) is 1. The minimum atomic E-state index is -0.146. The Balaban J connectivity index is 2.15. The summed E-state index contributed by atoms with van der Waals surface area (Å²) in [6.07, 6.45) is 1.98. The molecular formula is C16H16FN. The van der Waals surface area contributed by atoms with E-state index in [9.17, 15) is 4.39 Å². The fourth-order valence-corrected chi connectivity index (χ4v) is 2.72. The van der Waals surface area contributed by atoms with E-state index in [1.54, 1.807) is 13.0 Å². The first-order valence-electron chi connectivity index (χ1n) is 6.30. The Morgan fingerprint density at radius 2 is 2.06 bits per heavy atom. The maximum Gasteiger partial charge on any atom is 0.126 e. The second kappa shape index (κ2) is 4.21. The Morgan fingerprint density at radius 1 is 1.22 bits per heavy atom. The van der Waals surface area contributed by atoms with E-state index in [-0.39, 0.29) is 11.9 Å². The van der Waals surface area contributed by atoms with Crippen molar-refractivity contribution in [1.82, 2.24) is 0 Å². The summed E-state index contributed by atoms with van der Waals surface area (Å²) in [5.41, 5.74) is 11.3. The van der Waals surface area contributed by atoms with Crippen molar-refractivity contribution in [2.24, 2.45) is 5.73 Å². The molecule has 0 saturated carbocycles. The van der Waals surface area contributed by atoms with E-state index >= 15 is 0 Å². The van der Waals surface area contributed by atoms with Gasteiger partial charge < -0.3 is 5.73 Å². The number of aryl methyl sites for hydroxylation is 1. The van der Waals surface area contributed by atoms with Gasteiger partial charge >= 0.3 is 0 Å². The van der Waals surface area contributed by atoms with E-state index in [0.717, 1.165) is 24.0 Å². The van der Waals surface area contributed by atoms with Crippen LogP contribution in [-0.2, 0) is 6.42 Å². The summed E-state index contributed by atoms with van der Waals surface area (Å²) in [7, 11) is 0.